The van der Waals surface area contributed by atoms with Crippen molar-refractivity contribution in [2.45, 2.75) is 19.0 Å². The van der Waals surface area contributed by atoms with Crippen LogP contribution in [0.3, 0.4) is 0 Å². The van der Waals surface area contributed by atoms with Gasteiger partial charge in [0.1, 0.15) is 5.82 Å². The molecule has 1 atom stereocenters. The molecule has 1 fully saturated rings. The van der Waals surface area contributed by atoms with E-state index in [0.29, 0.717) is 11.7 Å². The molecule has 9 heteroatoms. The largest absolute Gasteiger partial charge is 0.453 e. The summed E-state index contributed by atoms with van der Waals surface area (Å²) in [4.78, 5) is 4.17. The minimum Gasteiger partial charge on any atom is -0.358 e. The minimum absolute atomic E-state index is 0.0897. The van der Waals surface area contributed by atoms with Crippen molar-refractivity contribution in [3.8, 4) is 0 Å². The molecule has 126 valence electrons. The number of likely N-dealkylation sites (tertiary alicyclic amines) is 1. The summed E-state index contributed by atoms with van der Waals surface area (Å²) in [5.41, 5.74) is 0.0897. The molecular weight excluding hydrogens is 309 g/mol. The smallest absolute Gasteiger partial charge is 0.358 e. The fourth-order valence-corrected chi connectivity index (χ4v) is 3.06. The van der Waals surface area contributed by atoms with Crippen LogP contribution in [0.1, 0.15) is 18.7 Å². The predicted octanol–water partition coefficient (Wildman–Crippen LogP) is 1.92. The van der Waals surface area contributed by atoms with Crippen LogP contribution in [-0.2, 0) is 6.18 Å². The maximum absolute atomic E-state index is 12.9. The van der Waals surface area contributed by atoms with E-state index < -0.39 is 12.0 Å². The van der Waals surface area contributed by atoms with Crippen molar-refractivity contribution >= 4 is 11.5 Å². The van der Waals surface area contributed by atoms with Crippen LogP contribution in [0.5, 0.6) is 0 Å². The molecule has 0 aliphatic carbocycles. The average molecular weight is 328 g/mol. The average Bonchev–Trinajstić information content (AvgIpc) is 2.90. The summed E-state index contributed by atoms with van der Waals surface area (Å²) in [5, 5.41) is 10.8. The van der Waals surface area contributed by atoms with E-state index >= 15 is 0 Å². The Morgan fingerprint density at radius 3 is 2.78 bits per heavy atom. The third kappa shape index (κ3) is 3.39. The molecule has 1 aliphatic heterocycles. The second-order valence-corrected chi connectivity index (χ2v) is 6.13. The molecule has 6 nitrogen and oxygen atoms in total. The number of rotatable bonds is 3. The summed E-state index contributed by atoms with van der Waals surface area (Å²) in [7, 11) is 3.93. The summed E-state index contributed by atoms with van der Waals surface area (Å²) in [5.74, 6) is -0.129. The van der Waals surface area contributed by atoms with Crippen molar-refractivity contribution in [2.24, 2.45) is 5.92 Å². The lowest BCUT2D eigenvalue weighted by Gasteiger charge is -2.32. The van der Waals surface area contributed by atoms with Gasteiger partial charge in [-0.15, -0.1) is 15.3 Å². The Morgan fingerprint density at radius 1 is 1.30 bits per heavy atom. The van der Waals surface area contributed by atoms with Crippen LogP contribution in [-0.4, -0.2) is 58.4 Å². The maximum Gasteiger partial charge on any atom is 0.453 e. The van der Waals surface area contributed by atoms with E-state index in [-0.39, 0.29) is 5.65 Å². The summed E-state index contributed by atoms with van der Waals surface area (Å²) < 4.78 is 39.5. The topological polar surface area (TPSA) is 49.6 Å². The van der Waals surface area contributed by atoms with Crippen molar-refractivity contribution in [3.05, 3.63) is 18.0 Å². The molecule has 3 heterocycles. The molecular formula is C14H19F3N6. The van der Waals surface area contributed by atoms with E-state index in [2.05, 4.69) is 27.2 Å². The molecule has 0 spiro atoms. The molecule has 2 aromatic heterocycles. The van der Waals surface area contributed by atoms with Crippen molar-refractivity contribution in [3.63, 3.8) is 0 Å². The molecule has 0 amide bonds. The Balaban J connectivity index is 1.81. The van der Waals surface area contributed by atoms with Gasteiger partial charge in [0, 0.05) is 20.1 Å². The zero-order valence-electron chi connectivity index (χ0n) is 13.1. The number of fused-ring (bicyclic) bond motifs is 1. The molecule has 0 bridgehead atoms. The van der Waals surface area contributed by atoms with Gasteiger partial charge in [0.05, 0.1) is 0 Å². The lowest BCUT2D eigenvalue weighted by molar-refractivity contribution is -0.146. The molecule has 1 aliphatic rings. The molecule has 0 radical (unpaired) electrons. The number of piperidine rings is 1. The highest BCUT2D eigenvalue weighted by Gasteiger charge is 2.37. The molecule has 2 aromatic rings. The second-order valence-electron chi connectivity index (χ2n) is 6.13. The highest BCUT2D eigenvalue weighted by Crippen LogP contribution is 2.28. The molecule has 1 saturated heterocycles. The SMILES string of the molecule is CN1CCCC(CN(C)c2ccc3nnc(C(F)(F)F)n3n2)C1. The fraction of sp³-hybridized carbons (Fsp3) is 0.643. The Bertz CT molecular complexity index is 683. The molecule has 0 saturated carbocycles. The van der Waals surface area contributed by atoms with Gasteiger partial charge in [0.15, 0.2) is 5.65 Å². The maximum atomic E-state index is 12.9. The first-order valence-corrected chi connectivity index (χ1v) is 7.54. The number of anilines is 1. The van der Waals surface area contributed by atoms with Crippen LogP contribution in [0.15, 0.2) is 12.1 Å². The van der Waals surface area contributed by atoms with Crippen molar-refractivity contribution in [2.75, 3.05) is 38.6 Å². The number of alkyl halides is 3. The molecule has 1 unspecified atom stereocenters. The van der Waals surface area contributed by atoms with Gasteiger partial charge in [-0.05, 0) is 44.5 Å². The van der Waals surface area contributed by atoms with Gasteiger partial charge < -0.3 is 9.80 Å². The van der Waals surface area contributed by atoms with E-state index in [0.717, 1.165) is 37.0 Å². The van der Waals surface area contributed by atoms with Crippen LogP contribution in [0.25, 0.3) is 5.65 Å². The minimum atomic E-state index is -4.57. The number of halogens is 3. The zero-order chi connectivity index (χ0) is 16.6. The highest BCUT2D eigenvalue weighted by atomic mass is 19.4. The Hall–Kier alpha value is -1.90. The van der Waals surface area contributed by atoms with Crippen molar-refractivity contribution in [1.82, 2.24) is 24.7 Å². The molecule has 3 rings (SSSR count). The lowest BCUT2D eigenvalue weighted by atomic mass is 9.98. The van der Waals surface area contributed by atoms with E-state index in [9.17, 15) is 13.2 Å². The summed E-state index contributed by atoms with van der Waals surface area (Å²) in [6.45, 7) is 2.85. The Kier molecular flexibility index (Phi) is 4.13. The first kappa shape index (κ1) is 16.0. The molecule has 0 N–H and O–H groups in total. The van der Waals surface area contributed by atoms with Crippen LogP contribution < -0.4 is 4.90 Å². The fourth-order valence-electron chi connectivity index (χ4n) is 3.06. The second kappa shape index (κ2) is 5.95. The number of aromatic nitrogens is 4. The van der Waals surface area contributed by atoms with E-state index in [4.69, 9.17) is 0 Å². The predicted molar refractivity (Wildman–Crippen MR) is 79.3 cm³/mol. The number of nitrogens with zero attached hydrogens (tertiary/aromatic N) is 6. The standard InChI is InChI=1S/C14H19F3N6/c1-21-7-3-4-10(8-21)9-22(2)12-6-5-11-18-19-13(14(15,16)17)23(11)20-12/h5-6,10H,3-4,7-9H2,1-2H3. The summed E-state index contributed by atoms with van der Waals surface area (Å²) in [6.07, 6.45) is -2.31. The van der Waals surface area contributed by atoms with Gasteiger partial charge >= 0.3 is 6.18 Å². The quantitative estimate of drug-likeness (QED) is 0.862. The van der Waals surface area contributed by atoms with E-state index in [1.165, 1.54) is 6.07 Å². The summed E-state index contributed by atoms with van der Waals surface area (Å²) in [6, 6.07) is 3.19. The highest BCUT2D eigenvalue weighted by molar-refractivity contribution is 5.45. The monoisotopic (exact) mass is 328 g/mol. The normalized spacial score (nSPS) is 20.1. The van der Waals surface area contributed by atoms with Gasteiger partial charge in [-0.1, -0.05) is 0 Å². The van der Waals surface area contributed by atoms with Crippen molar-refractivity contribution < 1.29 is 13.2 Å². The molecule has 0 aromatic carbocycles. The van der Waals surface area contributed by atoms with Crippen LogP contribution >= 0.6 is 0 Å². The van der Waals surface area contributed by atoms with E-state index in [1.807, 2.05) is 11.9 Å². The van der Waals surface area contributed by atoms with Gasteiger partial charge in [-0.3, -0.25) is 0 Å². The lowest BCUT2D eigenvalue weighted by Crippen LogP contribution is -2.38. The van der Waals surface area contributed by atoms with Crippen LogP contribution in [0.2, 0.25) is 0 Å². The van der Waals surface area contributed by atoms with Crippen LogP contribution in [0, 0.1) is 5.92 Å². The third-order valence-electron chi connectivity index (χ3n) is 4.15. The first-order chi connectivity index (χ1) is 10.8. The van der Waals surface area contributed by atoms with Crippen LogP contribution in [0.4, 0.5) is 19.0 Å². The van der Waals surface area contributed by atoms with Gasteiger partial charge in [-0.25, -0.2) is 0 Å². The zero-order valence-corrected chi connectivity index (χ0v) is 13.1. The number of hydrogen-bond acceptors (Lipinski definition) is 5. The summed E-state index contributed by atoms with van der Waals surface area (Å²) >= 11 is 0. The third-order valence-corrected chi connectivity index (χ3v) is 4.15. The van der Waals surface area contributed by atoms with Gasteiger partial charge in [0.25, 0.3) is 5.82 Å². The van der Waals surface area contributed by atoms with Gasteiger partial charge in [0.2, 0.25) is 0 Å². The number of hydrogen-bond donors (Lipinski definition) is 0. The Morgan fingerprint density at radius 2 is 2.09 bits per heavy atom. The van der Waals surface area contributed by atoms with E-state index in [1.54, 1.807) is 6.07 Å². The molecule has 23 heavy (non-hydrogen) atoms. The first-order valence-electron chi connectivity index (χ1n) is 7.54. The van der Waals surface area contributed by atoms with Gasteiger partial charge in [-0.2, -0.15) is 17.7 Å². The Labute approximate surface area is 131 Å². The van der Waals surface area contributed by atoms with Crippen molar-refractivity contribution in [1.29, 1.82) is 0 Å².